The van der Waals surface area contributed by atoms with Gasteiger partial charge in [-0.1, -0.05) is 6.92 Å². The molecule has 0 aliphatic carbocycles. The van der Waals surface area contributed by atoms with E-state index in [0.717, 1.165) is 6.42 Å². The summed E-state index contributed by atoms with van der Waals surface area (Å²) < 4.78 is 4.84. The zero-order valence-electron chi connectivity index (χ0n) is 10.7. The molecule has 3 N–H and O–H groups in total. The van der Waals surface area contributed by atoms with E-state index in [-0.39, 0.29) is 12.6 Å². The molecule has 0 aromatic rings. The van der Waals surface area contributed by atoms with E-state index in [1.54, 1.807) is 21.0 Å². The number of urea groups is 1. The van der Waals surface area contributed by atoms with Crippen LogP contribution in [0.15, 0.2) is 0 Å². The molecule has 100 valence electrons. The van der Waals surface area contributed by atoms with Crippen molar-refractivity contribution >= 4 is 12.0 Å². The third-order valence-corrected chi connectivity index (χ3v) is 2.75. The maximum atomic E-state index is 11.3. The van der Waals surface area contributed by atoms with Crippen molar-refractivity contribution in [1.82, 2.24) is 10.6 Å². The number of carboxylic acids is 1. The molecule has 1 unspecified atom stereocenters. The minimum atomic E-state index is -0.913. The second-order valence-corrected chi connectivity index (χ2v) is 4.18. The number of carboxylic acid groups (broad SMARTS) is 1. The van der Waals surface area contributed by atoms with Crippen molar-refractivity contribution in [2.45, 2.75) is 26.7 Å². The minimum absolute atomic E-state index is 0.120. The van der Waals surface area contributed by atoms with E-state index in [0.29, 0.717) is 19.6 Å². The van der Waals surface area contributed by atoms with Crippen molar-refractivity contribution in [3.63, 3.8) is 0 Å². The van der Waals surface area contributed by atoms with E-state index in [4.69, 9.17) is 9.84 Å². The number of carbonyl (C=O) groups is 2. The van der Waals surface area contributed by atoms with Crippen molar-refractivity contribution in [1.29, 1.82) is 0 Å². The first-order valence-corrected chi connectivity index (χ1v) is 5.70. The Kier molecular flexibility index (Phi) is 7.29. The molecule has 0 saturated heterocycles. The third-order valence-electron chi connectivity index (χ3n) is 2.75. The zero-order chi connectivity index (χ0) is 13.3. The molecule has 0 rings (SSSR count). The Hall–Kier alpha value is -1.30. The van der Waals surface area contributed by atoms with Gasteiger partial charge in [-0.3, -0.25) is 4.79 Å². The number of hydrogen-bond acceptors (Lipinski definition) is 3. The van der Waals surface area contributed by atoms with Crippen LogP contribution in [0.5, 0.6) is 0 Å². The van der Waals surface area contributed by atoms with Crippen LogP contribution >= 0.6 is 0 Å². The Labute approximate surface area is 102 Å². The molecular weight excluding hydrogens is 224 g/mol. The lowest BCUT2D eigenvalue weighted by Crippen LogP contribution is -2.44. The molecule has 0 aromatic carbocycles. The topological polar surface area (TPSA) is 87.7 Å². The van der Waals surface area contributed by atoms with E-state index < -0.39 is 11.4 Å². The molecule has 6 heteroatoms. The van der Waals surface area contributed by atoms with Crippen LogP contribution in [-0.2, 0) is 9.53 Å². The number of hydrogen-bond donors (Lipinski definition) is 3. The standard InChI is InChI=1S/C11H22N2O4/c1-4-11(2,9(14)15)8-13-10(16)12-6-5-7-17-3/h4-8H2,1-3H3,(H,14,15)(H2,12,13,16). The van der Waals surface area contributed by atoms with Gasteiger partial charge in [-0.05, 0) is 19.8 Å². The van der Waals surface area contributed by atoms with Crippen LogP contribution in [0.1, 0.15) is 26.7 Å². The number of carbonyl (C=O) groups excluding carboxylic acids is 1. The number of methoxy groups -OCH3 is 1. The number of nitrogens with one attached hydrogen (secondary N) is 2. The van der Waals surface area contributed by atoms with E-state index in [1.165, 1.54) is 0 Å². The molecule has 6 nitrogen and oxygen atoms in total. The smallest absolute Gasteiger partial charge is 0.314 e. The van der Waals surface area contributed by atoms with Crippen molar-refractivity contribution in [3.8, 4) is 0 Å². The second-order valence-electron chi connectivity index (χ2n) is 4.18. The van der Waals surface area contributed by atoms with Crippen molar-refractivity contribution in [2.75, 3.05) is 26.8 Å². The summed E-state index contributed by atoms with van der Waals surface area (Å²) in [7, 11) is 1.60. The predicted molar refractivity (Wildman–Crippen MR) is 63.9 cm³/mol. The van der Waals surface area contributed by atoms with E-state index in [1.807, 2.05) is 0 Å². The SMILES string of the molecule is CCC(C)(CNC(=O)NCCCOC)C(=O)O. The quantitative estimate of drug-likeness (QED) is 0.553. The first-order chi connectivity index (χ1) is 7.96. The van der Waals surface area contributed by atoms with Crippen LogP contribution in [0.2, 0.25) is 0 Å². The Bertz CT molecular complexity index is 258. The summed E-state index contributed by atoms with van der Waals surface area (Å²) in [6.07, 6.45) is 1.19. The molecule has 0 saturated carbocycles. The van der Waals surface area contributed by atoms with Gasteiger partial charge in [0.15, 0.2) is 0 Å². The first kappa shape index (κ1) is 15.7. The fourth-order valence-electron chi connectivity index (χ4n) is 1.11. The predicted octanol–water partition coefficient (Wildman–Crippen LogP) is 0.823. The monoisotopic (exact) mass is 246 g/mol. The average molecular weight is 246 g/mol. The highest BCUT2D eigenvalue weighted by atomic mass is 16.5. The Morgan fingerprint density at radius 3 is 2.47 bits per heavy atom. The number of ether oxygens (including phenoxy) is 1. The van der Waals surface area contributed by atoms with E-state index in [9.17, 15) is 9.59 Å². The van der Waals surface area contributed by atoms with Crippen LogP contribution in [0.25, 0.3) is 0 Å². The Balaban J connectivity index is 3.86. The minimum Gasteiger partial charge on any atom is -0.481 e. The van der Waals surface area contributed by atoms with Crippen LogP contribution < -0.4 is 10.6 Å². The van der Waals surface area contributed by atoms with E-state index >= 15 is 0 Å². The Morgan fingerprint density at radius 2 is 2.00 bits per heavy atom. The molecule has 0 bridgehead atoms. The van der Waals surface area contributed by atoms with Gasteiger partial charge >= 0.3 is 12.0 Å². The van der Waals surface area contributed by atoms with Crippen LogP contribution in [0.4, 0.5) is 4.79 Å². The second kappa shape index (κ2) is 7.89. The highest BCUT2D eigenvalue weighted by Crippen LogP contribution is 2.19. The Morgan fingerprint density at radius 1 is 1.35 bits per heavy atom. The lowest BCUT2D eigenvalue weighted by atomic mass is 9.88. The maximum Gasteiger partial charge on any atom is 0.314 e. The summed E-state index contributed by atoms with van der Waals surface area (Å²) in [6.45, 7) is 4.61. The fourth-order valence-corrected chi connectivity index (χ4v) is 1.11. The van der Waals surface area contributed by atoms with Gasteiger partial charge in [-0.25, -0.2) is 4.79 Å². The van der Waals surface area contributed by atoms with Gasteiger partial charge < -0.3 is 20.5 Å². The summed E-state index contributed by atoms with van der Waals surface area (Å²) >= 11 is 0. The maximum absolute atomic E-state index is 11.3. The van der Waals surface area contributed by atoms with Crippen molar-refractivity contribution < 1.29 is 19.4 Å². The van der Waals surface area contributed by atoms with Gasteiger partial charge in [-0.15, -0.1) is 0 Å². The lowest BCUT2D eigenvalue weighted by Gasteiger charge is -2.23. The molecule has 0 fully saturated rings. The van der Waals surface area contributed by atoms with Gasteiger partial charge in [0.1, 0.15) is 0 Å². The molecule has 2 amide bonds. The number of rotatable bonds is 8. The number of aliphatic carboxylic acids is 1. The summed E-state index contributed by atoms with van der Waals surface area (Å²) in [5, 5.41) is 14.2. The summed E-state index contributed by atoms with van der Waals surface area (Å²) in [4.78, 5) is 22.3. The molecule has 1 atom stereocenters. The van der Waals surface area contributed by atoms with Crippen LogP contribution in [-0.4, -0.2) is 43.9 Å². The molecule has 0 aliphatic heterocycles. The van der Waals surface area contributed by atoms with Gasteiger partial charge in [0.05, 0.1) is 5.41 Å². The van der Waals surface area contributed by atoms with E-state index in [2.05, 4.69) is 10.6 Å². The van der Waals surface area contributed by atoms with Crippen LogP contribution in [0, 0.1) is 5.41 Å². The zero-order valence-corrected chi connectivity index (χ0v) is 10.7. The van der Waals surface area contributed by atoms with Crippen molar-refractivity contribution in [3.05, 3.63) is 0 Å². The summed E-state index contributed by atoms with van der Waals surface area (Å²) in [6, 6.07) is -0.345. The summed E-state index contributed by atoms with van der Waals surface area (Å²) in [5.74, 6) is -0.903. The van der Waals surface area contributed by atoms with Gasteiger partial charge in [0, 0.05) is 26.8 Å². The average Bonchev–Trinajstić information content (AvgIpc) is 2.31. The normalized spacial score (nSPS) is 13.8. The van der Waals surface area contributed by atoms with Gasteiger partial charge in [0.25, 0.3) is 0 Å². The summed E-state index contributed by atoms with van der Waals surface area (Å²) in [5.41, 5.74) is -0.913. The van der Waals surface area contributed by atoms with Gasteiger partial charge in [0.2, 0.25) is 0 Å². The first-order valence-electron chi connectivity index (χ1n) is 5.70. The fraction of sp³-hybridized carbons (Fsp3) is 0.818. The van der Waals surface area contributed by atoms with Gasteiger partial charge in [-0.2, -0.15) is 0 Å². The highest BCUT2D eigenvalue weighted by Gasteiger charge is 2.31. The molecule has 0 aliphatic rings. The highest BCUT2D eigenvalue weighted by molar-refractivity contribution is 5.77. The van der Waals surface area contributed by atoms with Crippen molar-refractivity contribution in [2.24, 2.45) is 5.41 Å². The largest absolute Gasteiger partial charge is 0.481 e. The molecule has 0 heterocycles. The molecular formula is C11H22N2O4. The lowest BCUT2D eigenvalue weighted by molar-refractivity contribution is -0.147. The van der Waals surface area contributed by atoms with Crippen LogP contribution in [0.3, 0.4) is 0 Å². The molecule has 17 heavy (non-hydrogen) atoms. The number of amides is 2. The molecule has 0 aromatic heterocycles. The molecule has 0 spiro atoms. The third kappa shape index (κ3) is 6.11. The molecule has 0 radical (unpaired) electrons.